The van der Waals surface area contributed by atoms with Gasteiger partial charge in [0.25, 0.3) is 5.91 Å². The van der Waals surface area contributed by atoms with Crippen molar-refractivity contribution in [1.82, 2.24) is 14.8 Å². The van der Waals surface area contributed by atoms with E-state index in [4.69, 9.17) is 11.6 Å². The maximum absolute atomic E-state index is 12.2. The smallest absolute Gasteiger partial charge is 0.260 e. The van der Waals surface area contributed by atoms with E-state index < -0.39 is 0 Å². The molecule has 0 saturated heterocycles. The maximum Gasteiger partial charge on any atom is 0.260 e. The number of halogens is 1. The molecule has 0 atom stereocenters. The number of para-hydroxylation sites is 1. The number of nitrogens with zero attached hydrogens (tertiary/aromatic N) is 3. The Hall–Kier alpha value is -2.40. The van der Waals surface area contributed by atoms with Gasteiger partial charge in [0.2, 0.25) is 0 Å². The second-order valence-corrected chi connectivity index (χ2v) is 4.67. The molecular formula is C14H11ClN4O. The largest absolute Gasteiger partial charge is 0.320 e. The quantitative estimate of drug-likeness (QED) is 0.788. The average molecular weight is 287 g/mol. The first-order valence-corrected chi connectivity index (χ1v) is 6.37. The Morgan fingerprint density at radius 3 is 2.85 bits per heavy atom. The lowest BCUT2D eigenvalue weighted by atomic mass is 10.2. The highest BCUT2D eigenvalue weighted by Crippen LogP contribution is 2.22. The molecule has 5 nitrogen and oxygen atoms in total. The lowest BCUT2D eigenvalue weighted by Gasteiger charge is -2.07. The van der Waals surface area contributed by atoms with Gasteiger partial charge in [-0.2, -0.15) is 5.10 Å². The third-order valence-corrected chi connectivity index (χ3v) is 3.44. The number of aromatic nitrogens is 3. The van der Waals surface area contributed by atoms with E-state index in [0.717, 1.165) is 10.9 Å². The van der Waals surface area contributed by atoms with Crippen LogP contribution < -0.4 is 5.32 Å². The first-order valence-electron chi connectivity index (χ1n) is 5.99. The molecule has 2 aromatic heterocycles. The third kappa shape index (κ3) is 2.12. The minimum absolute atomic E-state index is 0.302. The summed E-state index contributed by atoms with van der Waals surface area (Å²) in [6, 6.07) is 9.40. The Kier molecular flexibility index (Phi) is 3.12. The Morgan fingerprint density at radius 1 is 1.30 bits per heavy atom. The summed E-state index contributed by atoms with van der Waals surface area (Å²) in [7, 11) is 1.68. The van der Waals surface area contributed by atoms with Gasteiger partial charge in [0.1, 0.15) is 5.15 Å². The summed E-state index contributed by atoms with van der Waals surface area (Å²) in [6.07, 6.45) is 3.13. The van der Waals surface area contributed by atoms with Gasteiger partial charge in [0.15, 0.2) is 0 Å². The summed E-state index contributed by atoms with van der Waals surface area (Å²) >= 11 is 6.01. The molecule has 1 amide bonds. The first-order chi connectivity index (χ1) is 9.66. The van der Waals surface area contributed by atoms with E-state index in [1.54, 1.807) is 19.3 Å². The number of fused-ring (bicyclic) bond motifs is 1. The SMILES string of the molecule is Cn1ncc(C(=O)Nc2cccc3cccnc23)c1Cl. The van der Waals surface area contributed by atoms with Crippen LogP contribution in [0.1, 0.15) is 10.4 Å². The molecule has 0 unspecified atom stereocenters. The predicted octanol–water partition coefficient (Wildman–Crippen LogP) is 2.87. The third-order valence-electron chi connectivity index (χ3n) is 2.99. The second-order valence-electron chi connectivity index (χ2n) is 4.31. The lowest BCUT2D eigenvalue weighted by Crippen LogP contribution is -2.12. The van der Waals surface area contributed by atoms with Gasteiger partial charge >= 0.3 is 0 Å². The molecule has 6 heteroatoms. The Labute approximate surface area is 120 Å². The summed E-state index contributed by atoms with van der Waals surface area (Å²) in [5.74, 6) is -0.304. The fraction of sp³-hybridized carbons (Fsp3) is 0.0714. The fourth-order valence-corrected chi connectivity index (χ4v) is 2.15. The number of benzene rings is 1. The molecule has 0 spiro atoms. The number of hydrogen-bond donors (Lipinski definition) is 1. The highest BCUT2D eigenvalue weighted by atomic mass is 35.5. The normalized spacial score (nSPS) is 10.7. The van der Waals surface area contributed by atoms with Crippen LogP contribution in [0.25, 0.3) is 10.9 Å². The molecule has 100 valence electrons. The number of carbonyl (C=O) groups excluding carboxylic acids is 1. The van der Waals surface area contributed by atoms with Crippen molar-refractivity contribution in [2.45, 2.75) is 0 Å². The molecule has 0 aliphatic carbocycles. The van der Waals surface area contributed by atoms with E-state index >= 15 is 0 Å². The van der Waals surface area contributed by atoms with Gasteiger partial charge in [-0.1, -0.05) is 29.8 Å². The second kappa shape index (κ2) is 4.94. The van der Waals surface area contributed by atoms with Gasteiger partial charge in [-0.3, -0.25) is 14.5 Å². The summed E-state index contributed by atoms with van der Waals surface area (Å²) in [4.78, 5) is 16.5. The highest BCUT2D eigenvalue weighted by molar-refractivity contribution is 6.33. The first kappa shape index (κ1) is 12.6. The number of anilines is 1. The monoisotopic (exact) mass is 286 g/mol. The van der Waals surface area contributed by atoms with Gasteiger partial charge in [-0.15, -0.1) is 0 Å². The Bertz CT molecular complexity index is 791. The number of amides is 1. The van der Waals surface area contributed by atoms with Gasteiger partial charge in [-0.05, 0) is 12.1 Å². The predicted molar refractivity (Wildman–Crippen MR) is 77.9 cm³/mol. The van der Waals surface area contributed by atoms with Crippen LogP contribution in [-0.2, 0) is 7.05 Å². The standard InChI is InChI=1S/C14H11ClN4O/c1-19-13(15)10(8-17-19)14(20)18-11-6-2-4-9-5-3-7-16-12(9)11/h2-8H,1H3,(H,18,20). The van der Waals surface area contributed by atoms with Crippen molar-refractivity contribution in [1.29, 1.82) is 0 Å². The molecule has 20 heavy (non-hydrogen) atoms. The van der Waals surface area contributed by atoms with Crippen LogP contribution >= 0.6 is 11.6 Å². The molecule has 1 aromatic carbocycles. The molecule has 0 aliphatic heterocycles. The molecule has 3 aromatic rings. The van der Waals surface area contributed by atoms with Crippen molar-refractivity contribution in [2.24, 2.45) is 7.05 Å². The zero-order chi connectivity index (χ0) is 14.1. The van der Waals surface area contributed by atoms with Crippen molar-refractivity contribution < 1.29 is 4.79 Å². The minimum Gasteiger partial charge on any atom is -0.320 e. The van der Waals surface area contributed by atoms with Gasteiger partial charge in [0, 0.05) is 18.6 Å². The van der Waals surface area contributed by atoms with Gasteiger partial charge in [-0.25, -0.2) is 0 Å². The van der Waals surface area contributed by atoms with Crippen LogP contribution in [0.2, 0.25) is 5.15 Å². The summed E-state index contributed by atoms with van der Waals surface area (Å²) in [6.45, 7) is 0. The molecule has 3 rings (SSSR count). The number of hydrogen-bond acceptors (Lipinski definition) is 3. The summed E-state index contributed by atoms with van der Waals surface area (Å²) in [5, 5.41) is 8.03. The minimum atomic E-state index is -0.304. The van der Waals surface area contributed by atoms with Crippen molar-refractivity contribution in [2.75, 3.05) is 5.32 Å². The zero-order valence-electron chi connectivity index (χ0n) is 10.7. The van der Waals surface area contributed by atoms with Crippen LogP contribution in [0.5, 0.6) is 0 Å². The average Bonchev–Trinajstić information content (AvgIpc) is 2.79. The fourth-order valence-electron chi connectivity index (χ4n) is 1.97. The number of rotatable bonds is 2. The molecule has 0 bridgehead atoms. The van der Waals surface area contributed by atoms with Crippen molar-refractivity contribution in [3.63, 3.8) is 0 Å². The van der Waals surface area contributed by atoms with Gasteiger partial charge in [0.05, 0.1) is 23.0 Å². The van der Waals surface area contributed by atoms with Crippen LogP contribution in [0.4, 0.5) is 5.69 Å². The van der Waals surface area contributed by atoms with E-state index in [1.807, 2.05) is 24.3 Å². The number of nitrogens with one attached hydrogen (secondary N) is 1. The highest BCUT2D eigenvalue weighted by Gasteiger charge is 2.15. The van der Waals surface area contributed by atoms with Crippen molar-refractivity contribution >= 4 is 34.1 Å². The maximum atomic E-state index is 12.2. The lowest BCUT2D eigenvalue weighted by molar-refractivity contribution is 0.102. The van der Waals surface area contributed by atoms with E-state index in [-0.39, 0.29) is 5.91 Å². The summed E-state index contributed by atoms with van der Waals surface area (Å²) < 4.78 is 1.44. The molecule has 0 aliphatic rings. The van der Waals surface area contributed by atoms with E-state index in [9.17, 15) is 4.79 Å². The van der Waals surface area contributed by atoms with Crippen molar-refractivity contribution in [3.05, 3.63) is 53.4 Å². The molecule has 0 radical (unpaired) electrons. The summed E-state index contributed by atoms with van der Waals surface area (Å²) in [5.41, 5.74) is 1.72. The zero-order valence-corrected chi connectivity index (χ0v) is 11.4. The molecule has 0 fully saturated rings. The Balaban J connectivity index is 1.97. The van der Waals surface area contributed by atoms with Crippen LogP contribution in [0.15, 0.2) is 42.7 Å². The van der Waals surface area contributed by atoms with Crippen molar-refractivity contribution in [3.8, 4) is 0 Å². The van der Waals surface area contributed by atoms with Crippen LogP contribution in [-0.4, -0.2) is 20.7 Å². The number of aryl methyl sites for hydroxylation is 1. The van der Waals surface area contributed by atoms with E-state index in [0.29, 0.717) is 16.4 Å². The number of pyridine rings is 1. The topological polar surface area (TPSA) is 59.8 Å². The van der Waals surface area contributed by atoms with Crippen LogP contribution in [0.3, 0.4) is 0 Å². The molecule has 0 saturated carbocycles. The van der Waals surface area contributed by atoms with Crippen LogP contribution in [0, 0.1) is 0 Å². The Morgan fingerprint density at radius 2 is 2.10 bits per heavy atom. The molecular weight excluding hydrogens is 276 g/mol. The van der Waals surface area contributed by atoms with Gasteiger partial charge < -0.3 is 5.32 Å². The number of carbonyl (C=O) groups is 1. The molecule has 2 heterocycles. The van der Waals surface area contributed by atoms with E-state index in [1.165, 1.54) is 10.9 Å². The molecule has 1 N–H and O–H groups in total. The van der Waals surface area contributed by atoms with E-state index in [2.05, 4.69) is 15.4 Å².